The van der Waals surface area contributed by atoms with E-state index in [1.165, 1.54) is 31.2 Å². The number of nitrogens with zero attached hydrogens (tertiary/aromatic N) is 4. The number of piperidine rings is 2. The lowest BCUT2D eigenvalue weighted by Gasteiger charge is -2.43. The van der Waals surface area contributed by atoms with E-state index in [4.69, 9.17) is 9.47 Å². The van der Waals surface area contributed by atoms with Crippen molar-refractivity contribution in [3.8, 4) is 11.5 Å². The molecule has 7 nitrogen and oxygen atoms in total. The van der Waals surface area contributed by atoms with Gasteiger partial charge in [-0.1, -0.05) is 12.5 Å². The van der Waals surface area contributed by atoms with E-state index in [2.05, 4.69) is 31.7 Å². The summed E-state index contributed by atoms with van der Waals surface area (Å²) in [5, 5.41) is 0. The normalized spacial score (nSPS) is 25.7. The number of ether oxygens (including phenoxy) is 2. The van der Waals surface area contributed by atoms with E-state index in [0.717, 1.165) is 76.8 Å². The van der Waals surface area contributed by atoms with Gasteiger partial charge in [-0.05, 0) is 56.5 Å². The number of hydrogen-bond donors (Lipinski definition) is 0. The molecule has 3 fully saturated rings. The van der Waals surface area contributed by atoms with Crippen molar-refractivity contribution in [1.29, 1.82) is 0 Å². The minimum absolute atomic E-state index is 0.330. The highest BCUT2D eigenvalue weighted by Gasteiger charge is 2.30. The Morgan fingerprint density at radius 2 is 1.68 bits per heavy atom. The maximum Gasteiger partial charge on any atom is 0.236 e. The Morgan fingerprint density at radius 3 is 2.52 bits per heavy atom. The van der Waals surface area contributed by atoms with Gasteiger partial charge in [0.15, 0.2) is 11.5 Å². The first kappa shape index (κ1) is 21.0. The van der Waals surface area contributed by atoms with Crippen LogP contribution in [-0.4, -0.2) is 97.2 Å². The van der Waals surface area contributed by atoms with Gasteiger partial charge in [-0.2, -0.15) is 0 Å². The predicted molar refractivity (Wildman–Crippen MR) is 119 cm³/mol. The monoisotopic (exact) mass is 428 g/mol. The Bertz CT molecular complexity index is 759. The van der Waals surface area contributed by atoms with Crippen molar-refractivity contribution in [2.75, 3.05) is 65.7 Å². The summed E-state index contributed by atoms with van der Waals surface area (Å²) in [6.07, 6.45) is 6.15. The van der Waals surface area contributed by atoms with Crippen LogP contribution in [0.25, 0.3) is 0 Å². The molecule has 4 heterocycles. The molecule has 0 unspecified atom stereocenters. The van der Waals surface area contributed by atoms with Gasteiger partial charge in [-0.15, -0.1) is 0 Å². The van der Waals surface area contributed by atoms with E-state index >= 15 is 0 Å². The van der Waals surface area contributed by atoms with Gasteiger partial charge < -0.3 is 14.4 Å². The molecule has 31 heavy (non-hydrogen) atoms. The van der Waals surface area contributed by atoms with Crippen LogP contribution in [-0.2, 0) is 11.3 Å². The average Bonchev–Trinajstić information content (AvgIpc) is 3.28. The SMILES string of the molecule is O=C(CN1CCCCC1)N1CCC[C@@H](N2CCN(Cc3ccc4c(c3)OCO4)CC2)C1. The molecule has 3 saturated heterocycles. The highest BCUT2D eigenvalue weighted by molar-refractivity contribution is 5.78. The summed E-state index contributed by atoms with van der Waals surface area (Å²) in [5.41, 5.74) is 1.28. The lowest BCUT2D eigenvalue weighted by atomic mass is 10.0. The molecule has 7 heteroatoms. The van der Waals surface area contributed by atoms with Crippen LogP contribution in [0.1, 0.15) is 37.7 Å². The molecule has 4 aliphatic heterocycles. The van der Waals surface area contributed by atoms with Crippen molar-refractivity contribution in [3.05, 3.63) is 23.8 Å². The average molecular weight is 429 g/mol. The van der Waals surface area contributed by atoms with Crippen LogP contribution in [0.2, 0.25) is 0 Å². The minimum atomic E-state index is 0.330. The standard InChI is InChI=1S/C24H36N4O3/c29-24(18-25-8-2-1-3-9-25)28-10-4-5-21(17-28)27-13-11-26(12-14-27)16-20-6-7-22-23(15-20)31-19-30-22/h6-7,15,21H,1-5,8-14,16-19H2/t21-/m1/s1. The van der Waals surface area contributed by atoms with Gasteiger partial charge >= 0.3 is 0 Å². The molecule has 0 spiro atoms. The third kappa shape index (κ3) is 5.16. The molecule has 0 radical (unpaired) electrons. The number of amides is 1. The van der Waals surface area contributed by atoms with Crippen LogP contribution in [0, 0.1) is 0 Å². The second-order valence-corrected chi connectivity index (χ2v) is 9.47. The first-order chi connectivity index (χ1) is 15.2. The second kappa shape index (κ2) is 9.76. The zero-order chi connectivity index (χ0) is 21.0. The van der Waals surface area contributed by atoms with E-state index in [9.17, 15) is 4.79 Å². The summed E-state index contributed by atoms with van der Waals surface area (Å²) in [6.45, 7) is 10.3. The van der Waals surface area contributed by atoms with E-state index < -0.39 is 0 Å². The Balaban J connectivity index is 1.09. The first-order valence-corrected chi connectivity index (χ1v) is 12.1. The number of piperazine rings is 1. The van der Waals surface area contributed by atoms with Crippen LogP contribution in [0.3, 0.4) is 0 Å². The van der Waals surface area contributed by atoms with Crippen molar-refractivity contribution in [1.82, 2.24) is 19.6 Å². The van der Waals surface area contributed by atoms with Gasteiger partial charge in [-0.3, -0.25) is 19.5 Å². The number of hydrogen-bond acceptors (Lipinski definition) is 6. The van der Waals surface area contributed by atoms with Crippen LogP contribution in [0.15, 0.2) is 18.2 Å². The van der Waals surface area contributed by atoms with Gasteiger partial charge in [-0.25, -0.2) is 0 Å². The molecule has 0 bridgehead atoms. The Hall–Kier alpha value is -1.83. The Labute approximate surface area is 185 Å². The second-order valence-electron chi connectivity index (χ2n) is 9.47. The molecule has 0 saturated carbocycles. The van der Waals surface area contributed by atoms with Crippen molar-refractivity contribution >= 4 is 5.91 Å². The molecule has 4 aliphatic rings. The fraction of sp³-hybridized carbons (Fsp3) is 0.708. The lowest BCUT2D eigenvalue weighted by Crippen LogP contribution is -2.56. The minimum Gasteiger partial charge on any atom is -0.454 e. The van der Waals surface area contributed by atoms with Crippen LogP contribution in [0.5, 0.6) is 11.5 Å². The molecular weight excluding hydrogens is 392 g/mol. The van der Waals surface area contributed by atoms with Gasteiger partial charge in [0.1, 0.15) is 0 Å². The Morgan fingerprint density at radius 1 is 0.871 bits per heavy atom. The summed E-state index contributed by atoms with van der Waals surface area (Å²) in [4.78, 5) is 22.5. The fourth-order valence-electron chi connectivity index (χ4n) is 5.47. The molecule has 1 aromatic carbocycles. The maximum atomic E-state index is 12.9. The zero-order valence-electron chi connectivity index (χ0n) is 18.6. The predicted octanol–water partition coefficient (Wildman–Crippen LogP) is 2.01. The van der Waals surface area contributed by atoms with E-state index in [-0.39, 0.29) is 0 Å². The van der Waals surface area contributed by atoms with Crippen molar-refractivity contribution in [2.24, 2.45) is 0 Å². The fourth-order valence-corrected chi connectivity index (χ4v) is 5.47. The molecule has 0 N–H and O–H groups in total. The zero-order valence-corrected chi connectivity index (χ0v) is 18.6. The first-order valence-electron chi connectivity index (χ1n) is 12.1. The molecule has 5 rings (SSSR count). The van der Waals surface area contributed by atoms with Crippen LogP contribution in [0.4, 0.5) is 0 Å². The highest BCUT2D eigenvalue weighted by atomic mass is 16.7. The molecule has 1 amide bonds. The van der Waals surface area contributed by atoms with Crippen molar-refractivity contribution in [2.45, 2.75) is 44.7 Å². The molecule has 1 aromatic rings. The number of rotatable bonds is 5. The number of carbonyl (C=O) groups excluding carboxylic acids is 1. The third-order valence-electron chi connectivity index (χ3n) is 7.32. The lowest BCUT2D eigenvalue weighted by molar-refractivity contribution is -0.135. The molecule has 0 aliphatic carbocycles. The van der Waals surface area contributed by atoms with Crippen LogP contribution < -0.4 is 9.47 Å². The molecule has 0 aromatic heterocycles. The quantitative estimate of drug-likeness (QED) is 0.715. The molecular formula is C24H36N4O3. The van der Waals surface area contributed by atoms with E-state index in [0.29, 0.717) is 25.3 Å². The number of likely N-dealkylation sites (tertiary alicyclic amines) is 2. The highest BCUT2D eigenvalue weighted by Crippen LogP contribution is 2.33. The van der Waals surface area contributed by atoms with Gasteiger partial charge in [0.05, 0.1) is 6.54 Å². The number of carbonyl (C=O) groups is 1. The number of fused-ring (bicyclic) bond motifs is 1. The third-order valence-corrected chi connectivity index (χ3v) is 7.32. The Kier molecular flexibility index (Phi) is 6.62. The van der Waals surface area contributed by atoms with E-state index in [1.54, 1.807) is 0 Å². The smallest absolute Gasteiger partial charge is 0.236 e. The topological polar surface area (TPSA) is 48.5 Å². The summed E-state index contributed by atoms with van der Waals surface area (Å²) in [5.74, 6) is 2.06. The molecule has 170 valence electrons. The maximum absolute atomic E-state index is 12.9. The largest absolute Gasteiger partial charge is 0.454 e. The summed E-state index contributed by atoms with van der Waals surface area (Å²) < 4.78 is 10.9. The summed E-state index contributed by atoms with van der Waals surface area (Å²) in [6, 6.07) is 6.80. The van der Waals surface area contributed by atoms with E-state index in [1.807, 2.05) is 6.07 Å². The van der Waals surface area contributed by atoms with Crippen LogP contribution >= 0.6 is 0 Å². The molecule has 1 atom stereocenters. The summed E-state index contributed by atoms with van der Waals surface area (Å²) >= 11 is 0. The van der Waals surface area contributed by atoms with Crippen molar-refractivity contribution in [3.63, 3.8) is 0 Å². The van der Waals surface area contributed by atoms with Gasteiger partial charge in [0, 0.05) is 51.9 Å². The van der Waals surface area contributed by atoms with Crippen molar-refractivity contribution < 1.29 is 14.3 Å². The number of benzene rings is 1. The van der Waals surface area contributed by atoms with Gasteiger partial charge in [0.25, 0.3) is 0 Å². The van der Waals surface area contributed by atoms with Gasteiger partial charge in [0.2, 0.25) is 12.7 Å². The summed E-state index contributed by atoms with van der Waals surface area (Å²) in [7, 11) is 0.